The number of fused-ring (bicyclic) bond motifs is 1. The third-order valence-corrected chi connectivity index (χ3v) is 3.89. The fourth-order valence-electron chi connectivity index (χ4n) is 2.61. The van der Waals surface area contributed by atoms with E-state index in [9.17, 15) is 9.90 Å². The summed E-state index contributed by atoms with van der Waals surface area (Å²) in [6.45, 7) is 7.73. The number of nitrogens with zero attached hydrogens (tertiary/aromatic N) is 3. The van der Waals surface area contributed by atoms with Crippen LogP contribution in [0.3, 0.4) is 0 Å². The lowest BCUT2D eigenvalue weighted by Crippen LogP contribution is -2.14. The van der Waals surface area contributed by atoms with Gasteiger partial charge in [0.1, 0.15) is 5.75 Å². The van der Waals surface area contributed by atoms with Crippen LogP contribution in [0.2, 0.25) is 0 Å². The number of carbonyl (C=O) groups is 1. The molecule has 0 saturated heterocycles. The van der Waals surface area contributed by atoms with Crippen molar-refractivity contribution in [3.63, 3.8) is 0 Å². The first-order valence-electron chi connectivity index (χ1n) is 7.82. The van der Waals surface area contributed by atoms with E-state index in [1.807, 2.05) is 31.5 Å². The van der Waals surface area contributed by atoms with Gasteiger partial charge in [-0.3, -0.25) is 4.79 Å². The highest BCUT2D eigenvalue weighted by molar-refractivity contribution is 6.07. The highest BCUT2D eigenvalue weighted by Crippen LogP contribution is 2.25. The molecule has 0 spiro atoms. The first-order chi connectivity index (χ1) is 11.4. The Morgan fingerprint density at radius 3 is 2.67 bits per heavy atom. The maximum absolute atomic E-state index is 12.6. The zero-order valence-corrected chi connectivity index (χ0v) is 14.2. The number of pyridine rings is 1. The summed E-state index contributed by atoms with van der Waals surface area (Å²) < 4.78 is 1.83. The maximum atomic E-state index is 12.6. The Hall–Kier alpha value is -2.89. The SMILES string of the molecule is Cc1ccc(NC(=O)c2cc3cnn(C(C)C)c3nc2C)c(O)c1. The molecule has 0 saturated carbocycles. The van der Waals surface area contributed by atoms with Gasteiger partial charge in [0.15, 0.2) is 5.65 Å². The molecule has 0 bridgehead atoms. The molecule has 24 heavy (non-hydrogen) atoms. The number of anilines is 1. The first kappa shape index (κ1) is 16.0. The largest absolute Gasteiger partial charge is 0.506 e. The number of hydrogen-bond acceptors (Lipinski definition) is 4. The van der Waals surface area contributed by atoms with Gasteiger partial charge in [-0.2, -0.15) is 5.10 Å². The number of rotatable bonds is 3. The van der Waals surface area contributed by atoms with Crippen molar-refractivity contribution in [3.8, 4) is 5.75 Å². The molecule has 0 fully saturated rings. The second-order valence-corrected chi connectivity index (χ2v) is 6.19. The number of aryl methyl sites for hydroxylation is 2. The van der Waals surface area contributed by atoms with Crippen molar-refractivity contribution in [2.75, 3.05) is 5.32 Å². The van der Waals surface area contributed by atoms with Crippen molar-refractivity contribution in [3.05, 3.63) is 47.3 Å². The zero-order chi connectivity index (χ0) is 17.4. The molecular weight excluding hydrogens is 304 g/mol. The van der Waals surface area contributed by atoms with Gasteiger partial charge < -0.3 is 10.4 Å². The molecule has 3 aromatic rings. The number of amides is 1. The molecule has 0 unspecified atom stereocenters. The molecule has 1 amide bonds. The minimum absolute atomic E-state index is 0.0441. The van der Waals surface area contributed by atoms with Gasteiger partial charge in [-0.1, -0.05) is 6.07 Å². The van der Waals surface area contributed by atoms with Crippen LogP contribution in [0.4, 0.5) is 5.69 Å². The van der Waals surface area contributed by atoms with E-state index in [0.717, 1.165) is 16.6 Å². The summed E-state index contributed by atoms with van der Waals surface area (Å²) in [4.78, 5) is 17.1. The van der Waals surface area contributed by atoms with Gasteiger partial charge in [0.25, 0.3) is 5.91 Å². The van der Waals surface area contributed by atoms with Crippen LogP contribution in [0, 0.1) is 13.8 Å². The standard InChI is InChI=1S/C18H20N4O2/c1-10(2)22-17-13(9-19-22)8-14(12(4)20-17)18(24)21-15-6-5-11(3)7-16(15)23/h5-10,23H,1-4H3,(H,21,24). The highest BCUT2D eigenvalue weighted by atomic mass is 16.3. The van der Waals surface area contributed by atoms with Gasteiger partial charge in [0, 0.05) is 11.4 Å². The molecule has 3 rings (SSSR count). The Morgan fingerprint density at radius 2 is 2.00 bits per heavy atom. The van der Waals surface area contributed by atoms with Crippen molar-refractivity contribution in [1.82, 2.24) is 14.8 Å². The van der Waals surface area contributed by atoms with Crippen LogP contribution >= 0.6 is 0 Å². The van der Waals surface area contributed by atoms with E-state index in [0.29, 0.717) is 16.9 Å². The smallest absolute Gasteiger partial charge is 0.257 e. The fraction of sp³-hybridized carbons (Fsp3) is 0.278. The number of phenols is 1. The van der Waals surface area contributed by atoms with E-state index in [4.69, 9.17) is 0 Å². The van der Waals surface area contributed by atoms with Gasteiger partial charge in [-0.05, 0) is 51.5 Å². The third kappa shape index (κ3) is 2.82. The minimum atomic E-state index is -0.307. The molecular formula is C18H20N4O2. The van der Waals surface area contributed by atoms with Gasteiger partial charge in [0.05, 0.1) is 23.1 Å². The van der Waals surface area contributed by atoms with Gasteiger partial charge in [0.2, 0.25) is 0 Å². The Morgan fingerprint density at radius 1 is 1.25 bits per heavy atom. The molecule has 0 aliphatic carbocycles. The highest BCUT2D eigenvalue weighted by Gasteiger charge is 2.16. The summed E-state index contributed by atoms with van der Waals surface area (Å²) in [6.07, 6.45) is 1.71. The Kier molecular flexibility index (Phi) is 3.97. The van der Waals surface area contributed by atoms with Crippen LogP contribution in [0.15, 0.2) is 30.5 Å². The summed E-state index contributed by atoms with van der Waals surface area (Å²) in [7, 11) is 0. The maximum Gasteiger partial charge on any atom is 0.257 e. The number of benzene rings is 1. The zero-order valence-electron chi connectivity index (χ0n) is 14.2. The van der Waals surface area contributed by atoms with Crippen LogP contribution in [0.5, 0.6) is 5.75 Å². The predicted molar refractivity (Wildman–Crippen MR) is 93.4 cm³/mol. The van der Waals surface area contributed by atoms with Crippen LogP contribution in [-0.2, 0) is 0 Å². The Bertz CT molecular complexity index is 928. The molecule has 0 aliphatic rings. The van der Waals surface area contributed by atoms with E-state index < -0.39 is 0 Å². The number of carbonyl (C=O) groups excluding carboxylic acids is 1. The summed E-state index contributed by atoms with van der Waals surface area (Å²) >= 11 is 0. The van der Waals surface area contributed by atoms with Crippen molar-refractivity contribution in [1.29, 1.82) is 0 Å². The number of nitrogens with one attached hydrogen (secondary N) is 1. The van der Waals surface area contributed by atoms with Crippen LogP contribution < -0.4 is 5.32 Å². The molecule has 2 heterocycles. The van der Waals surface area contributed by atoms with Crippen molar-refractivity contribution < 1.29 is 9.90 Å². The lowest BCUT2D eigenvalue weighted by atomic mass is 10.1. The molecule has 124 valence electrons. The van der Waals surface area contributed by atoms with E-state index in [1.54, 1.807) is 31.3 Å². The van der Waals surface area contributed by atoms with Crippen LogP contribution in [0.25, 0.3) is 11.0 Å². The molecule has 0 atom stereocenters. The van der Waals surface area contributed by atoms with Crippen molar-refractivity contribution >= 4 is 22.6 Å². The number of phenolic OH excluding ortho intramolecular Hbond substituents is 1. The Balaban J connectivity index is 1.96. The number of aromatic nitrogens is 3. The average Bonchev–Trinajstić information content (AvgIpc) is 2.92. The fourth-order valence-corrected chi connectivity index (χ4v) is 2.61. The van der Waals surface area contributed by atoms with E-state index >= 15 is 0 Å². The second-order valence-electron chi connectivity index (χ2n) is 6.19. The quantitative estimate of drug-likeness (QED) is 0.722. The molecule has 6 heteroatoms. The van der Waals surface area contributed by atoms with Gasteiger partial charge in [-0.15, -0.1) is 0 Å². The van der Waals surface area contributed by atoms with E-state index in [1.165, 1.54) is 0 Å². The predicted octanol–water partition coefficient (Wildman–Crippen LogP) is 3.59. The summed E-state index contributed by atoms with van der Waals surface area (Å²) in [6, 6.07) is 7.09. The molecule has 0 aliphatic heterocycles. The summed E-state index contributed by atoms with van der Waals surface area (Å²) in [5.41, 5.74) is 3.14. The topological polar surface area (TPSA) is 80.0 Å². The third-order valence-electron chi connectivity index (χ3n) is 3.89. The van der Waals surface area contributed by atoms with E-state index in [2.05, 4.69) is 15.4 Å². The van der Waals surface area contributed by atoms with Crippen LogP contribution in [0.1, 0.15) is 41.5 Å². The average molecular weight is 324 g/mol. The number of hydrogen-bond donors (Lipinski definition) is 2. The van der Waals surface area contributed by atoms with Crippen molar-refractivity contribution in [2.45, 2.75) is 33.7 Å². The lowest BCUT2D eigenvalue weighted by Gasteiger charge is -2.11. The molecule has 1 aromatic carbocycles. The number of aromatic hydroxyl groups is 1. The molecule has 0 radical (unpaired) electrons. The monoisotopic (exact) mass is 324 g/mol. The van der Waals surface area contributed by atoms with Crippen molar-refractivity contribution in [2.24, 2.45) is 0 Å². The second kappa shape index (κ2) is 5.96. The minimum Gasteiger partial charge on any atom is -0.506 e. The summed E-state index contributed by atoms with van der Waals surface area (Å²) in [5.74, 6) is -0.263. The Labute approximate surface area is 140 Å². The normalized spacial score (nSPS) is 11.2. The van der Waals surface area contributed by atoms with E-state index in [-0.39, 0.29) is 17.7 Å². The first-order valence-corrected chi connectivity index (χ1v) is 7.82. The summed E-state index contributed by atoms with van der Waals surface area (Å²) in [5, 5.41) is 17.8. The lowest BCUT2D eigenvalue weighted by molar-refractivity contribution is 0.102. The molecule has 6 nitrogen and oxygen atoms in total. The van der Waals surface area contributed by atoms with Gasteiger partial charge >= 0.3 is 0 Å². The van der Waals surface area contributed by atoms with Crippen LogP contribution in [-0.4, -0.2) is 25.8 Å². The molecule has 2 N–H and O–H groups in total. The van der Waals surface area contributed by atoms with Gasteiger partial charge in [-0.25, -0.2) is 9.67 Å². The molecule has 2 aromatic heterocycles.